The summed E-state index contributed by atoms with van der Waals surface area (Å²) in [6, 6.07) is 20.9. The largest absolute Gasteiger partial charge is 0.489 e. The average Bonchev–Trinajstić information content (AvgIpc) is 2.63. The van der Waals surface area contributed by atoms with Crippen molar-refractivity contribution in [2.24, 2.45) is 4.99 Å². The molecule has 0 radical (unpaired) electrons. The molecular weight excluding hydrogens is 377 g/mol. The van der Waals surface area contributed by atoms with Crippen LogP contribution in [0.15, 0.2) is 71.7 Å². The lowest BCUT2D eigenvalue weighted by atomic mass is 10.2. The summed E-state index contributed by atoms with van der Waals surface area (Å²) in [6.07, 6.45) is 1.71. The first-order valence-electron chi connectivity index (χ1n) is 7.57. The van der Waals surface area contributed by atoms with Gasteiger partial charge in [-0.2, -0.15) is 0 Å². The molecule has 3 rings (SSSR count). The van der Waals surface area contributed by atoms with E-state index < -0.39 is 0 Å². The zero-order chi connectivity index (χ0) is 17.6. The van der Waals surface area contributed by atoms with E-state index in [4.69, 9.17) is 39.5 Å². The number of ether oxygens (including phenoxy) is 1. The van der Waals surface area contributed by atoms with Crippen molar-refractivity contribution in [2.45, 2.75) is 6.61 Å². The predicted octanol–water partition coefficient (Wildman–Crippen LogP) is 6.98. The minimum Gasteiger partial charge on any atom is -0.489 e. The molecule has 0 spiro atoms. The highest BCUT2D eigenvalue weighted by molar-refractivity contribution is 6.43. The minimum absolute atomic E-state index is 0.405. The van der Waals surface area contributed by atoms with Crippen molar-refractivity contribution >= 4 is 46.7 Å². The second kappa shape index (κ2) is 8.39. The maximum atomic E-state index is 6.14. The molecule has 0 aromatic heterocycles. The normalized spacial score (nSPS) is 11.0. The Kier molecular flexibility index (Phi) is 5.98. The van der Waals surface area contributed by atoms with Crippen LogP contribution < -0.4 is 4.74 Å². The summed E-state index contributed by atoms with van der Waals surface area (Å²) in [7, 11) is 0. The Balaban J connectivity index is 1.72. The fourth-order valence-corrected chi connectivity index (χ4v) is 2.77. The van der Waals surface area contributed by atoms with Crippen LogP contribution >= 0.6 is 34.8 Å². The Morgan fingerprint density at radius 2 is 1.56 bits per heavy atom. The first-order chi connectivity index (χ1) is 12.1. The molecule has 0 aliphatic carbocycles. The van der Waals surface area contributed by atoms with Gasteiger partial charge in [0, 0.05) is 6.21 Å². The third-order valence-electron chi connectivity index (χ3n) is 3.45. The van der Waals surface area contributed by atoms with Crippen molar-refractivity contribution in [2.75, 3.05) is 0 Å². The highest BCUT2D eigenvalue weighted by Crippen LogP contribution is 2.34. The number of benzene rings is 3. The molecule has 25 heavy (non-hydrogen) atoms. The molecule has 0 aliphatic heterocycles. The number of aliphatic imine (C=N–C) groups is 1. The molecule has 0 aliphatic rings. The van der Waals surface area contributed by atoms with Crippen LogP contribution in [0.5, 0.6) is 5.75 Å². The topological polar surface area (TPSA) is 21.6 Å². The Labute approximate surface area is 161 Å². The Bertz CT molecular complexity index is 895. The van der Waals surface area contributed by atoms with Crippen LogP contribution in [-0.4, -0.2) is 6.21 Å². The fraction of sp³-hybridized carbons (Fsp3) is 0.0500. The van der Waals surface area contributed by atoms with Crippen molar-refractivity contribution in [1.29, 1.82) is 0 Å². The van der Waals surface area contributed by atoms with Gasteiger partial charge in [-0.15, -0.1) is 0 Å². The summed E-state index contributed by atoms with van der Waals surface area (Å²) in [5.41, 5.74) is 2.57. The van der Waals surface area contributed by atoms with Gasteiger partial charge in [-0.1, -0.05) is 77.3 Å². The molecule has 3 aromatic rings. The van der Waals surface area contributed by atoms with Crippen molar-refractivity contribution in [3.8, 4) is 5.75 Å². The van der Waals surface area contributed by atoms with Crippen LogP contribution in [0, 0.1) is 0 Å². The summed E-state index contributed by atoms with van der Waals surface area (Å²) in [5.74, 6) is 0.771. The van der Waals surface area contributed by atoms with Crippen molar-refractivity contribution in [1.82, 2.24) is 0 Å². The molecule has 0 bridgehead atoms. The number of hydrogen-bond donors (Lipinski definition) is 0. The Hall–Kier alpha value is -2.00. The maximum absolute atomic E-state index is 6.14. The minimum atomic E-state index is 0.405. The third-order valence-corrected chi connectivity index (χ3v) is 4.47. The quantitative estimate of drug-likeness (QED) is 0.340. The van der Waals surface area contributed by atoms with Crippen LogP contribution in [0.4, 0.5) is 5.69 Å². The van der Waals surface area contributed by atoms with Gasteiger partial charge in [0.15, 0.2) is 0 Å². The first-order valence-corrected chi connectivity index (χ1v) is 8.70. The summed E-state index contributed by atoms with van der Waals surface area (Å²) in [5, 5.41) is 1.27. The molecule has 0 saturated heterocycles. The molecule has 0 atom stereocenters. The lowest BCUT2D eigenvalue weighted by Gasteiger charge is -2.07. The molecule has 0 heterocycles. The van der Waals surface area contributed by atoms with E-state index in [1.807, 2.05) is 54.6 Å². The maximum Gasteiger partial charge on any atom is 0.120 e. The highest BCUT2D eigenvalue weighted by Gasteiger charge is 2.04. The van der Waals surface area contributed by atoms with Gasteiger partial charge in [0.25, 0.3) is 0 Å². The van der Waals surface area contributed by atoms with Crippen LogP contribution in [0.3, 0.4) is 0 Å². The molecular formula is C20H14Cl3NO. The SMILES string of the molecule is Clc1cc(Cl)c(N=Cc2cccc(OCc3ccccc3)c2)cc1Cl. The Morgan fingerprint density at radius 1 is 0.800 bits per heavy atom. The second-order valence-corrected chi connectivity index (χ2v) is 6.54. The lowest BCUT2D eigenvalue weighted by Crippen LogP contribution is -1.95. The van der Waals surface area contributed by atoms with E-state index >= 15 is 0 Å². The second-order valence-electron chi connectivity index (χ2n) is 5.32. The number of rotatable bonds is 5. The van der Waals surface area contributed by atoms with E-state index in [1.54, 1.807) is 18.3 Å². The van der Waals surface area contributed by atoms with Crippen LogP contribution in [0.2, 0.25) is 15.1 Å². The monoisotopic (exact) mass is 389 g/mol. The van der Waals surface area contributed by atoms with Crippen LogP contribution in [-0.2, 0) is 6.61 Å². The molecule has 0 unspecified atom stereocenters. The smallest absolute Gasteiger partial charge is 0.120 e. The van der Waals surface area contributed by atoms with Gasteiger partial charge in [-0.05, 0) is 35.4 Å². The molecule has 0 saturated carbocycles. The van der Waals surface area contributed by atoms with Gasteiger partial charge in [-0.3, -0.25) is 4.99 Å². The zero-order valence-electron chi connectivity index (χ0n) is 13.1. The van der Waals surface area contributed by atoms with E-state index in [2.05, 4.69) is 4.99 Å². The summed E-state index contributed by atoms with van der Waals surface area (Å²) >= 11 is 18.1. The molecule has 3 aromatic carbocycles. The third kappa shape index (κ3) is 4.99. The summed E-state index contributed by atoms with van der Waals surface area (Å²) < 4.78 is 5.82. The zero-order valence-corrected chi connectivity index (χ0v) is 15.4. The van der Waals surface area contributed by atoms with Crippen LogP contribution in [0.25, 0.3) is 0 Å². The predicted molar refractivity (Wildman–Crippen MR) is 106 cm³/mol. The number of hydrogen-bond acceptors (Lipinski definition) is 2. The molecule has 0 N–H and O–H groups in total. The van der Waals surface area contributed by atoms with Gasteiger partial charge in [-0.25, -0.2) is 0 Å². The molecule has 5 heteroatoms. The summed E-state index contributed by atoms with van der Waals surface area (Å²) in [6.45, 7) is 0.514. The molecule has 126 valence electrons. The van der Waals surface area contributed by atoms with Gasteiger partial charge in [0.05, 0.1) is 20.8 Å². The van der Waals surface area contributed by atoms with Crippen molar-refractivity contribution in [3.63, 3.8) is 0 Å². The Morgan fingerprint density at radius 3 is 2.36 bits per heavy atom. The van der Waals surface area contributed by atoms with Crippen LogP contribution in [0.1, 0.15) is 11.1 Å². The van der Waals surface area contributed by atoms with Gasteiger partial charge in [0.2, 0.25) is 0 Å². The first kappa shape index (κ1) is 17.8. The van der Waals surface area contributed by atoms with Crippen molar-refractivity contribution in [3.05, 3.63) is 92.9 Å². The highest BCUT2D eigenvalue weighted by atomic mass is 35.5. The van der Waals surface area contributed by atoms with Crippen molar-refractivity contribution < 1.29 is 4.74 Å². The standard InChI is InChI=1S/C20H14Cl3NO/c21-17-10-19(23)20(11-18(17)22)24-12-15-7-4-8-16(9-15)25-13-14-5-2-1-3-6-14/h1-12H,13H2. The lowest BCUT2D eigenvalue weighted by molar-refractivity contribution is 0.306. The van der Waals surface area contributed by atoms with E-state index in [9.17, 15) is 0 Å². The van der Waals surface area contributed by atoms with Gasteiger partial charge >= 0.3 is 0 Å². The average molecular weight is 391 g/mol. The van der Waals surface area contributed by atoms with E-state index in [0.29, 0.717) is 27.4 Å². The molecule has 2 nitrogen and oxygen atoms in total. The van der Waals surface area contributed by atoms with E-state index in [0.717, 1.165) is 16.9 Å². The number of halogens is 3. The molecule has 0 amide bonds. The molecule has 0 fully saturated rings. The summed E-state index contributed by atoms with van der Waals surface area (Å²) in [4.78, 5) is 4.38. The van der Waals surface area contributed by atoms with E-state index in [1.165, 1.54) is 0 Å². The van der Waals surface area contributed by atoms with E-state index in [-0.39, 0.29) is 0 Å². The fourth-order valence-electron chi connectivity index (χ4n) is 2.18. The number of nitrogens with zero attached hydrogens (tertiary/aromatic N) is 1. The van der Waals surface area contributed by atoms with Gasteiger partial charge < -0.3 is 4.74 Å². The van der Waals surface area contributed by atoms with Gasteiger partial charge in [0.1, 0.15) is 12.4 Å².